The van der Waals surface area contributed by atoms with E-state index in [4.69, 9.17) is 11.1 Å². The van der Waals surface area contributed by atoms with E-state index in [0.717, 1.165) is 12.8 Å². The van der Waals surface area contributed by atoms with Gasteiger partial charge >= 0.3 is 0 Å². The molecule has 0 radical (unpaired) electrons. The van der Waals surface area contributed by atoms with Crippen molar-refractivity contribution in [1.29, 1.82) is 5.41 Å². The third-order valence-corrected chi connectivity index (χ3v) is 1.31. The smallest absolute Gasteiger partial charge is 0.173 e. The molecule has 0 aliphatic heterocycles. The Labute approximate surface area is 61.1 Å². The second kappa shape index (κ2) is 5.11. The highest BCUT2D eigenvalue weighted by Crippen LogP contribution is 1.95. The zero-order chi connectivity index (χ0) is 7.98. The highest BCUT2D eigenvalue weighted by Gasteiger charge is 2.00. The third-order valence-electron chi connectivity index (χ3n) is 1.31. The summed E-state index contributed by atoms with van der Waals surface area (Å²) in [4.78, 5) is 10.5. The molecule has 0 saturated heterocycles. The molecule has 0 fully saturated rings. The van der Waals surface area contributed by atoms with E-state index in [-0.39, 0.29) is 11.5 Å². The molecular weight excluding hydrogens is 128 g/mol. The number of rotatable bonds is 5. The Balaban J connectivity index is 3.31. The van der Waals surface area contributed by atoms with Crippen LogP contribution in [0.1, 0.15) is 26.2 Å². The maximum absolute atomic E-state index is 10.5. The number of nitrogens with one attached hydrogen (secondary N) is 1. The lowest BCUT2D eigenvalue weighted by Gasteiger charge is -1.96. The molecule has 0 aliphatic carbocycles. The van der Waals surface area contributed by atoms with Crippen LogP contribution in [0.3, 0.4) is 0 Å². The van der Waals surface area contributed by atoms with Crippen LogP contribution in [0.5, 0.6) is 0 Å². The van der Waals surface area contributed by atoms with Gasteiger partial charge in [-0.05, 0) is 25.8 Å². The number of ketones is 1. The average molecular weight is 142 g/mol. The van der Waals surface area contributed by atoms with Gasteiger partial charge in [-0.3, -0.25) is 4.79 Å². The van der Waals surface area contributed by atoms with Crippen LogP contribution in [0, 0.1) is 5.41 Å². The van der Waals surface area contributed by atoms with Crippen LogP contribution in [0.2, 0.25) is 0 Å². The quantitative estimate of drug-likeness (QED) is 0.439. The molecule has 0 amide bonds. The van der Waals surface area contributed by atoms with Crippen molar-refractivity contribution in [3.63, 3.8) is 0 Å². The van der Waals surface area contributed by atoms with E-state index in [9.17, 15) is 4.79 Å². The molecule has 0 rings (SSSR count). The van der Waals surface area contributed by atoms with Crippen LogP contribution in [0.15, 0.2) is 0 Å². The van der Waals surface area contributed by atoms with Crippen molar-refractivity contribution in [3.8, 4) is 0 Å². The summed E-state index contributed by atoms with van der Waals surface area (Å²) in [5.74, 6) is -0.128. The van der Waals surface area contributed by atoms with Crippen molar-refractivity contribution >= 4 is 11.5 Å². The average Bonchev–Trinajstić information content (AvgIpc) is 1.88. The highest BCUT2D eigenvalue weighted by molar-refractivity contribution is 6.37. The fraction of sp³-hybridized carbons (Fsp3) is 0.714. The number of unbranched alkanes of at least 4 members (excludes halogenated alkanes) is 1. The van der Waals surface area contributed by atoms with Gasteiger partial charge in [0.1, 0.15) is 0 Å². The van der Waals surface area contributed by atoms with E-state index < -0.39 is 0 Å². The summed E-state index contributed by atoms with van der Waals surface area (Å²) in [6.45, 7) is 2.07. The van der Waals surface area contributed by atoms with Crippen LogP contribution in [-0.4, -0.2) is 18.0 Å². The minimum Gasteiger partial charge on any atom is -0.330 e. The number of carbonyl (C=O) groups excluding carboxylic acids is 1. The second-order valence-electron chi connectivity index (χ2n) is 2.28. The third kappa shape index (κ3) is 4.21. The summed E-state index contributed by atoms with van der Waals surface area (Å²) in [5.41, 5.74) is 5.45. The molecule has 0 aliphatic rings. The predicted molar refractivity (Wildman–Crippen MR) is 41.3 cm³/mol. The van der Waals surface area contributed by atoms with Gasteiger partial charge in [0.2, 0.25) is 0 Å². The molecule has 0 spiro atoms. The van der Waals surface area contributed by atoms with E-state index in [1.54, 1.807) is 0 Å². The molecule has 0 saturated carbocycles. The minimum absolute atomic E-state index is 0.128. The van der Waals surface area contributed by atoms with Gasteiger partial charge in [-0.1, -0.05) is 0 Å². The van der Waals surface area contributed by atoms with Crippen molar-refractivity contribution < 1.29 is 4.79 Å². The Bertz CT molecular complexity index is 132. The normalized spacial score (nSPS) is 9.40. The van der Waals surface area contributed by atoms with E-state index >= 15 is 0 Å². The van der Waals surface area contributed by atoms with Crippen LogP contribution in [0.25, 0.3) is 0 Å². The SMILES string of the molecule is CC(=O)C(=N)CCCCN. The molecule has 3 heteroatoms. The fourth-order valence-corrected chi connectivity index (χ4v) is 0.622. The lowest BCUT2D eigenvalue weighted by Crippen LogP contribution is -2.08. The maximum atomic E-state index is 10.5. The Kier molecular flexibility index (Phi) is 4.76. The second-order valence-corrected chi connectivity index (χ2v) is 2.28. The zero-order valence-corrected chi connectivity index (χ0v) is 6.31. The maximum Gasteiger partial charge on any atom is 0.173 e. The van der Waals surface area contributed by atoms with E-state index in [1.165, 1.54) is 6.92 Å². The highest BCUT2D eigenvalue weighted by atomic mass is 16.1. The predicted octanol–water partition coefficient (Wildman–Crippen LogP) is 0.724. The topological polar surface area (TPSA) is 66.9 Å². The fourth-order valence-electron chi connectivity index (χ4n) is 0.622. The van der Waals surface area contributed by atoms with E-state index in [1.807, 2.05) is 0 Å². The Hall–Kier alpha value is -0.700. The Morgan fingerprint density at radius 1 is 1.50 bits per heavy atom. The summed E-state index contributed by atoms with van der Waals surface area (Å²) < 4.78 is 0. The first-order valence-electron chi connectivity index (χ1n) is 3.47. The number of hydrogen-bond donors (Lipinski definition) is 2. The molecule has 0 aromatic heterocycles. The molecule has 0 aromatic carbocycles. The standard InChI is InChI=1S/C7H14N2O/c1-6(10)7(9)4-2-3-5-8/h9H,2-5,8H2,1H3. The molecule has 0 bridgehead atoms. The Morgan fingerprint density at radius 2 is 2.10 bits per heavy atom. The molecule has 10 heavy (non-hydrogen) atoms. The molecule has 58 valence electrons. The zero-order valence-electron chi connectivity index (χ0n) is 6.31. The van der Waals surface area contributed by atoms with Gasteiger partial charge < -0.3 is 11.1 Å². The molecule has 3 nitrogen and oxygen atoms in total. The van der Waals surface area contributed by atoms with Crippen molar-refractivity contribution in [2.45, 2.75) is 26.2 Å². The van der Waals surface area contributed by atoms with Gasteiger partial charge in [-0.15, -0.1) is 0 Å². The Morgan fingerprint density at radius 3 is 2.50 bits per heavy atom. The monoisotopic (exact) mass is 142 g/mol. The molecular formula is C7H14N2O. The molecule has 0 unspecified atom stereocenters. The number of nitrogens with two attached hydrogens (primary N) is 1. The summed E-state index contributed by atoms with van der Waals surface area (Å²) in [7, 11) is 0. The largest absolute Gasteiger partial charge is 0.330 e. The molecule has 3 N–H and O–H groups in total. The van der Waals surface area contributed by atoms with Crippen molar-refractivity contribution in [2.75, 3.05) is 6.54 Å². The number of carbonyl (C=O) groups is 1. The first kappa shape index (κ1) is 9.30. The summed E-state index contributed by atoms with van der Waals surface area (Å²) in [5, 5.41) is 7.13. The van der Waals surface area contributed by atoms with Gasteiger partial charge in [0.05, 0.1) is 5.71 Å². The summed E-state index contributed by atoms with van der Waals surface area (Å²) >= 11 is 0. The van der Waals surface area contributed by atoms with Crippen molar-refractivity contribution in [3.05, 3.63) is 0 Å². The first-order chi connectivity index (χ1) is 4.68. The van der Waals surface area contributed by atoms with Crippen molar-refractivity contribution in [1.82, 2.24) is 0 Å². The molecule has 0 heterocycles. The van der Waals surface area contributed by atoms with E-state index in [2.05, 4.69) is 0 Å². The van der Waals surface area contributed by atoms with Crippen LogP contribution < -0.4 is 5.73 Å². The minimum atomic E-state index is -0.128. The lowest BCUT2D eigenvalue weighted by atomic mass is 10.1. The van der Waals surface area contributed by atoms with Gasteiger partial charge in [0.15, 0.2) is 5.78 Å². The van der Waals surface area contributed by atoms with Crippen LogP contribution in [0.4, 0.5) is 0 Å². The van der Waals surface area contributed by atoms with E-state index in [0.29, 0.717) is 13.0 Å². The molecule has 0 aromatic rings. The first-order valence-corrected chi connectivity index (χ1v) is 3.47. The molecule has 0 atom stereocenters. The van der Waals surface area contributed by atoms with Gasteiger partial charge in [-0.2, -0.15) is 0 Å². The van der Waals surface area contributed by atoms with Gasteiger partial charge in [-0.25, -0.2) is 0 Å². The number of hydrogen-bond acceptors (Lipinski definition) is 3. The van der Waals surface area contributed by atoms with Crippen LogP contribution >= 0.6 is 0 Å². The number of Topliss-reactive ketones (excluding diaryl/α,β-unsaturated/α-hetero) is 1. The van der Waals surface area contributed by atoms with Gasteiger partial charge in [0, 0.05) is 6.92 Å². The van der Waals surface area contributed by atoms with Crippen molar-refractivity contribution in [2.24, 2.45) is 5.73 Å². The van der Waals surface area contributed by atoms with Gasteiger partial charge in [0.25, 0.3) is 0 Å². The van der Waals surface area contributed by atoms with Crippen LogP contribution in [-0.2, 0) is 4.79 Å². The summed E-state index contributed by atoms with van der Waals surface area (Å²) in [6, 6.07) is 0. The summed E-state index contributed by atoms with van der Waals surface area (Å²) in [6.07, 6.45) is 2.33. The lowest BCUT2D eigenvalue weighted by molar-refractivity contribution is -0.111.